The summed E-state index contributed by atoms with van der Waals surface area (Å²) in [7, 11) is -3.32. The van der Waals surface area contributed by atoms with Crippen molar-refractivity contribution in [1.29, 1.82) is 0 Å². The average molecular weight is 636 g/mol. The van der Waals surface area contributed by atoms with E-state index in [9.17, 15) is 23.4 Å². The van der Waals surface area contributed by atoms with E-state index in [1.807, 2.05) is 0 Å². The summed E-state index contributed by atoms with van der Waals surface area (Å²) >= 11 is 0. The monoisotopic (exact) mass is 635 g/mol. The lowest BCUT2D eigenvalue weighted by Crippen LogP contribution is -2.62. The SMILES string of the molecule is C[C@@H]1[C@@H](NC(=O)[C@@H]2[C@H]([C@H](C)O)[C@H](CO)ON2CC2CCCC(C#CCNS(=O)(=O)CC3CCCCC3)C2)C[C@H]2C[C@@H]1C2(C)C. The Morgan fingerprint density at radius 3 is 2.45 bits per heavy atom. The van der Waals surface area contributed by atoms with E-state index in [-0.39, 0.29) is 48.6 Å². The number of aliphatic hydroxyl groups excluding tert-OH is 2. The van der Waals surface area contributed by atoms with Gasteiger partial charge in [0.1, 0.15) is 12.1 Å². The summed E-state index contributed by atoms with van der Waals surface area (Å²) in [5.74, 6) is 8.23. The van der Waals surface area contributed by atoms with Crippen molar-refractivity contribution in [2.45, 2.75) is 123 Å². The van der Waals surface area contributed by atoms with Gasteiger partial charge in [0.2, 0.25) is 15.9 Å². The fourth-order valence-corrected chi connectivity index (χ4v) is 10.8. The predicted octanol–water partition coefficient (Wildman–Crippen LogP) is 3.46. The van der Waals surface area contributed by atoms with Crippen molar-refractivity contribution in [2.24, 2.45) is 46.8 Å². The molecule has 5 aliphatic carbocycles. The van der Waals surface area contributed by atoms with E-state index in [4.69, 9.17) is 4.84 Å². The zero-order valence-electron chi connectivity index (χ0n) is 27.3. The Labute approximate surface area is 265 Å². The Balaban J connectivity index is 1.17. The van der Waals surface area contributed by atoms with Gasteiger partial charge in [-0.1, -0.05) is 58.3 Å². The molecule has 6 aliphatic rings. The lowest BCUT2D eigenvalue weighted by atomic mass is 9.45. The van der Waals surface area contributed by atoms with Gasteiger partial charge in [-0.3, -0.25) is 9.63 Å². The fraction of sp³-hybridized carbons (Fsp3) is 0.912. The topological polar surface area (TPSA) is 128 Å². The molecule has 0 aromatic carbocycles. The van der Waals surface area contributed by atoms with Crippen molar-refractivity contribution in [1.82, 2.24) is 15.1 Å². The number of hydrogen-bond donors (Lipinski definition) is 4. The maximum atomic E-state index is 13.9. The third-order valence-corrected chi connectivity index (χ3v) is 13.6. The normalized spacial score (nSPS) is 38.3. The highest BCUT2D eigenvalue weighted by atomic mass is 32.2. The van der Waals surface area contributed by atoms with Gasteiger partial charge >= 0.3 is 0 Å². The second-order valence-corrected chi connectivity index (χ2v) is 17.3. The molecule has 1 amide bonds. The van der Waals surface area contributed by atoms with E-state index >= 15 is 0 Å². The first-order chi connectivity index (χ1) is 20.9. The molecule has 0 aromatic rings. The minimum absolute atomic E-state index is 0.110. The van der Waals surface area contributed by atoms with Gasteiger partial charge in [-0.25, -0.2) is 13.1 Å². The molecule has 44 heavy (non-hydrogen) atoms. The summed E-state index contributed by atoms with van der Waals surface area (Å²) < 4.78 is 27.7. The van der Waals surface area contributed by atoms with Crippen LogP contribution in [-0.2, 0) is 19.7 Å². The van der Waals surface area contributed by atoms with Crippen LogP contribution < -0.4 is 10.0 Å². The number of fused-ring (bicyclic) bond motifs is 2. The minimum Gasteiger partial charge on any atom is -0.394 e. The Morgan fingerprint density at radius 1 is 1.07 bits per heavy atom. The molecular formula is C34H57N3O6S. The van der Waals surface area contributed by atoms with Gasteiger partial charge in [0.25, 0.3) is 0 Å². The Kier molecular flexibility index (Phi) is 11.1. The van der Waals surface area contributed by atoms with Gasteiger partial charge in [-0.15, -0.1) is 0 Å². The Bertz CT molecular complexity index is 1160. The van der Waals surface area contributed by atoms with Gasteiger partial charge in [-0.05, 0) is 86.9 Å². The maximum absolute atomic E-state index is 13.9. The highest BCUT2D eigenvalue weighted by Gasteiger charge is 2.57. The molecule has 0 spiro atoms. The Morgan fingerprint density at radius 2 is 1.80 bits per heavy atom. The van der Waals surface area contributed by atoms with Gasteiger partial charge in [0.15, 0.2) is 0 Å². The third kappa shape index (κ3) is 7.66. The van der Waals surface area contributed by atoms with Crippen LogP contribution in [0.3, 0.4) is 0 Å². The van der Waals surface area contributed by atoms with E-state index in [0.29, 0.717) is 29.7 Å². The fourth-order valence-electron chi connectivity index (χ4n) is 9.41. The number of sulfonamides is 1. The minimum atomic E-state index is -3.32. The summed E-state index contributed by atoms with van der Waals surface area (Å²) in [6, 6.07) is -0.561. The van der Waals surface area contributed by atoms with Gasteiger partial charge in [0, 0.05) is 24.4 Å². The van der Waals surface area contributed by atoms with Crippen LogP contribution in [0.25, 0.3) is 0 Å². The molecule has 10 heteroatoms. The van der Waals surface area contributed by atoms with Gasteiger partial charge in [0.05, 0.1) is 25.0 Å². The lowest BCUT2D eigenvalue weighted by molar-refractivity contribution is -0.184. The Hall–Kier alpha value is -1.22. The standard InChI is InChI=1S/C34H57N3O6S/c1-22-28-17-27(34(28,3)4)18-29(22)36-33(40)32-31(23(2)39)30(20-38)43-37(32)19-26-13-8-12-24(16-26)14-9-15-35-44(41,42)21-25-10-6-5-7-11-25/h22-32,35,38-39H,5-8,10-13,15-21H2,1-4H3,(H,36,40)/t22-,23-,24?,26?,27+,28-,29-,30-,31+,32-/m0/s1. The quantitative estimate of drug-likeness (QED) is 0.271. The van der Waals surface area contributed by atoms with Crippen LogP contribution in [-0.4, -0.2) is 79.3 Å². The summed E-state index contributed by atoms with van der Waals surface area (Å²) in [6.07, 6.45) is 10.0. The smallest absolute Gasteiger partial charge is 0.240 e. The summed E-state index contributed by atoms with van der Waals surface area (Å²) in [6.45, 7) is 9.04. The number of amides is 1. The number of hydrogen-bond acceptors (Lipinski definition) is 7. The molecule has 10 atom stereocenters. The number of nitrogens with zero attached hydrogens (tertiary/aromatic N) is 1. The van der Waals surface area contributed by atoms with Gasteiger partial charge in [-0.2, -0.15) is 5.06 Å². The summed E-state index contributed by atoms with van der Waals surface area (Å²) in [4.78, 5) is 20.1. The van der Waals surface area contributed by atoms with E-state index in [1.165, 1.54) is 12.8 Å². The van der Waals surface area contributed by atoms with Gasteiger partial charge < -0.3 is 15.5 Å². The number of aliphatic hydroxyl groups is 2. The van der Waals surface area contributed by atoms with Crippen LogP contribution in [0.2, 0.25) is 0 Å². The molecule has 2 unspecified atom stereocenters. The number of nitrogens with one attached hydrogen (secondary N) is 2. The molecule has 5 saturated carbocycles. The highest BCUT2D eigenvalue weighted by Crippen LogP contribution is 2.61. The second kappa shape index (κ2) is 14.3. The molecule has 9 nitrogen and oxygen atoms in total. The second-order valence-electron chi connectivity index (χ2n) is 15.4. The van der Waals surface area contributed by atoms with Crippen molar-refractivity contribution >= 4 is 15.9 Å². The number of carbonyl (C=O) groups excluding carboxylic acids is 1. The first-order valence-corrected chi connectivity index (χ1v) is 19.0. The molecule has 1 heterocycles. The highest BCUT2D eigenvalue weighted by molar-refractivity contribution is 7.89. The molecule has 2 bridgehead atoms. The van der Waals surface area contributed by atoms with Crippen molar-refractivity contribution in [3.63, 3.8) is 0 Å². The molecule has 6 fully saturated rings. The molecule has 0 aromatic heterocycles. The van der Waals surface area contributed by atoms with Crippen molar-refractivity contribution in [2.75, 3.05) is 25.4 Å². The van der Waals surface area contributed by atoms with Crippen LogP contribution in [0, 0.1) is 58.7 Å². The zero-order valence-corrected chi connectivity index (χ0v) is 28.2. The molecular weight excluding hydrogens is 578 g/mol. The first kappa shape index (κ1) is 34.1. The van der Waals surface area contributed by atoms with Crippen LogP contribution in [0.1, 0.15) is 98.3 Å². The summed E-state index contributed by atoms with van der Waals surface area (Å²) in [5, 5.41) is 25.9. The first-order valence-electron chi connectivity index (χ1n) is 17.4. The van der Waals surface area contributed by atoms with Crippen molar-refractivity contribution < 1.29 is 28.3 Å². The maximum Gasteiger partial charge on any atom is 0.240 e. The summed E-state index contributed by atoms with van der Waals surface area (Å²) in [5.41, 5.74) is 0.326. The van der Waals surface area contributed by atoms with Crippen LogP contribution in [0.5, 0.6) is 0 Å². The van der Waals surface area contributed by atoms with Crippen LogP contribution in [0.4, 0.5) is 0 Å². The number of carbonyl (C=O) groups is 1. The number of hydroxylamine groups is 2. The molecule has 1 aliphatic heterocycles. The largest absolute Gasteiger partial charge is 0.394 e. The average Bonchev–Trinajstić information content (AvgIpc) is 3.35. The lowest BCUT2D eigenvalue weighted by Gasteiger charge is -2.62. The van der Waals surface area contributed by atoms with Crippen LogP contribution in [0.15, 0.2) is 0 Å². The predicted molar refractivity (Wildman–Crippen MR) is 170 cm³/mol. The third-order valence-electron chi connectivity index (χ3n) is 12.1. The molecule has 4 N–H and O–H groups in total. The van der Waals surface area contributed by atoms with E-state index in [2.05, 4.69) is 42.7 Å². The van der Waals surface area contributed by atoms with E-state index < -0.39 is 34.2 Å². The molecule has 1 saturated heterocycles. The number of rotatable bonds is 10. The molecule has 0 radical (unpaired) electrons. The van der Waals surface area contributed by atoms with Crippen molar-refractivity contribution in [3.8, 4) is 11.8 Å². The van der Waals surface area contributed by atoms with Crippen LogP contribution >= 0.6 is 0 Å². The van der Waals surface area contributed by atoms with Crippen molar-refractivity contribution in [3.05, 3.63) is 0 Å². The molecule has 6 rings (SSSR count). The molecule has 250 valence electrons. The van der Waals surface area contributed by atoms with E-state index in [0.717, 1.165) is 57.8 Å². The van der Waals surface area contributed by atoms with E-state index in [1.54, 1.807) is 12.0 Å². The zero-order chi connectivity index (χ0) is 31.6.